The molecule has 0 aliphatic heterocycles. The molecule has 168 valence electrons. The van der Waals surface area contributed by atoms with E-state index in [2.05, 4.69) is 30.3 Å². The molecule has 0 saturated heterocycles. The van der Waals surface area contributed by atoms with Gasteiger partial charge in [0.2, 0.25) is 11.6 Å². The third kappa shape index (κ3) is 5.06. The summed E-state index contributed by atoms with van der Waals surface area (Å²) in [6.45, 7) is 1.83. The van der Waals surface area contributed by atoms with Gasteiger partial charge < -0.3 is 15.4 Å². The highest BCUT2D eigenvalue weighted by atomic mass is 19.4. The third-order valence-corrected chi connectivity index (χ3v) is 4.47. The van der Waals surface area contributed by atoms with Gasteiger partial charge in [-0.05, 0) is 43.3 Å². The topological polar surface area (TPSA) is 115 Å². The first-order chi connectivity index (χ1) is 15.7. The molecular formula is C21H15F3N6O3. The molecule has 0 amide bonds. The molecule has 2 N–H and O–H groups in total. The molecule has 0 aliphatic rings. The van der Waals surface area contributed by atoms with Gasteiger partial charge in [0.05, 0.1) is 16.1 Å². The third-order valence-electron chi connectivity index (χ3n) is 4.47. The Balaban J connectivity index is 1.66. The number of fused-ring (bicyclic) bond motifs is 1. The van der Waals surface area contributed by atoms with E-state index in [1.807, 2.05) is 25.1 Å². The van der Waals surface area contributed by atoms with Gasteiger partial charge in [-0.1, -0.05) is 18.2 Å². The number of nitrogens with one attached hydrogen (secondary N) is 2. The maximum Gasteiger partial charge on any atom is 0.573 e. The Morgan fingerprint density at radius 1 is 0.970 bits per heavy atom. The Bertz CT molecular complexity index is 1330. The molecule has 2 aromatic heterocycles. The smallest absolute Gasteiger partial charge is 0.406 e. The van der Waals surface area contributed by atoms with Crippen molar-refractivity contribution >= 4 is 39.6 Å². The second-order valence-electron chi connectivity index (χ2n) is 6.83. The summed E-state index contributed by atoms with van der Waals surface area (Å²) in [5, 5.41) is 18.3. The molecule has 0 fully saturated rings. The van der Waals surface area contributed by atoms with Crippen molar-refractivity contribution in [3.63, 3.8) is 0 Å². The van der Waals surface area contributed by atoms with Crippen molar-refractivity contribution in [3.8, 4) is 5.75 Å². The number of aryl methyl sites for hydroxylation is 1. The summed E-state index contributed by atoms with van der Waals surface area (Å²) in [6.07, 6.45) is -3.70. The molecule has 0 radical (unpaired) electrons. The minimum absolute atomic E-state index is 0.0784. The molecule has 0 spiro atoms. The van der Waals surface area contributed by atoms with Crippen molar-refractivity contribution in [1.82, 2.24) is 15.0 Å². The van der Waals surface area contributed by atoms with Crippen molar-refractivity contribution < 1.29 is 22.8 Å². The zero-order chi connectivity index (χ0) is 23.6. The number of hydrogen-bond acceptors (Lipinski definition) is 8. The SMILES string of the molecule is Cc1ccc2cccc(Nc3ncnc(Nc4ccc(OC(F)(F)F)cc4)c3[N+](=O)[O-])c2n1. The molecule has 9 nitrogen and oxygen atoms in total. The van der Waals surface area contributed by atoms with Crippen LogP contribution in [0.2, 0.25) is 0 Å². The van der Waals surface area contributed by atoms with E-state index in [0.29, 0.717) is 11.2 Å². The lowest BCUT2D eigenvalue weighted by Gasteiger charge is -2.12. The van der Waals surface area contributed by atoms with Gasteiger partial charge in [-0.15, -0.1) is 13.2 Å². The molecule has 2 heterocycles. The Hall–Kier alpha value is -4.48. The second kappa shape index (κ2) is 8.57. The number of pyridine rings is 1. The van der Waals surface area contributed by atoms with Gasteiger partial charge in [0, 0.05) is 16.8 Å². The first kappa shape index (κ1) is 21.7. The number of nitrogens with zero attached hydrogens (tertiary/aromatic N) is 4. The Kier molecular flexibility index (Phi) is 5.65. The molecule has 2 aromatic carbocycles. The van der Waals surface area contributed by atoms with Crippen LogP contribution in [0.1, 0.15) is 5.69 Å². The van der Waals surface area contributed by atoms with Crippen LogP contribution in [0.25, 0.3) is 10.9 Å². The standard InChI is InChI=1S/C21H15F3N6O3/c1-12-5-6-13-3-2-4-16(17(13)27-12)29-20-18(30(31)32)19(25-11-26-20)28-14-7-9-15(10-8-14)33-21(22,23)24/h2-11H,1H3,(H2,25,26,28,29). The number of para-hydroxylation sites is 1. The van der Waals surface area contributed by atoms with E-state index in [1.165, 1.54) is 12.1 Å². The molecule has 0 aliphatic carbocycles. The number of alkyl halides is 3. The molecule has 0 atom stereocenters. The van der Waals surface area contributed by atoms with Crippen molar-refractivity contribution in [1.29, 1.82) is 0 Å². The quantitative estimate of drug-likeness (QED) is 0.283. The molecule has 4 aromatic rings. The second-order valence-corrected chi connectivity index (χ2v) is 6.83. The highest BCUT2D eigenvalue weighted by molar-refractivity contribution is 5.93. The Morgan fingerprint density at radius 2 is 1.67 bits per heavy atom. The van der Waals surface area contributed by atoms with Crippen LogP contribution in [-0.2, 0) is 0 Å². The molecule has 0 saturated carbocycles. The molecule has 33 heavy (non-hydrogen) atoms. The van der Waals surface area contributed by atoms with E-state index in [-0.39, 0.29) is 17.3 Å². The van der Waals surface area contributed by atoms with Gasteiger partial charge in [-0.25, -0.2) is 9.97 Å². The Morgan fingerprint density at radius 3 is 2.33 bits per heavy atom. The largest absolute Gasteiger partial charge is 0.573 e. The van der Waals surface area contributed by atoms with Gasteiger partial charge in [0.1, 0.15) is 12.1 Å². The van der Waals surface area contributed by atoms with Gasteiger partial charge in [0.25, 0.3) is 0 Å². The predicted octanol–water partition coefficient (Wildman–Crippen LogP) is 5.63. The van der Waals surface area contributed by atoms with Crippen molar-refractivity contribution in [2.24, 2.45) is 0 Å². The number of hydrogen-bond donors (Lipinski definition) is 2. The summed E-state index contributed by atoms with van der Waals surface area (Å²) in [4.78, 5) is 23.6. The van der Waals surface area contributed by atoms with E-state index in [4.69, 9.17) is 0 Å². The molecule has 0 unspecified atom stereocenters. The molecular weight excluding hydrogens is 441 g/mol. The average Bonchev–Trinajstić information content (AvgIpc) is 2.74. The number of halogens is 3. The van der Waals surface area contributed by atoms with Crippen molar-refractivity contribution in [2.75, 3.05) is 10.6 Å². The predicted molar refractivity (Wildman–Crippen MR) is 115 cm³/mol. The van der Waals surface area contributed by atoms with Crippen LogP contribution in [0.15, 0.2) is 60.9 Å². The Labute approximate surface area is 184 Å². The van der Waals surface area contributed by atoms with Gasteiger partial charge in [-0.3, -0.25) is 15.1 Å². The lowest BCUT2D eigenvalue weighted by atomic mass is 10.1. The van der Waals surface area contributed by atoms with E-state index >= 15 is 0 Å². The van der Waals surface area contributed by atoms with E-state index < -0.39 is 22.7 Å². The number of nitro groups is 1. The van der Waals surface area contributed by atoms with Crippen LogP contribution in [0.5, 0.6) is 5.75 Å². The maximum absolute atomic E-state index is 12.3. The van der Waals surface area contributed by atoms with E-state index in [0.717, 1.165) is 29.5 Å². The number of ether oxygens (including phenoxy) is 1. The number of rotatable bonds is 6. The van der Waals surface area contributed by atoms with E-state index in [9.17, 15) is 23.3 Å². The first-order valence-electron chi connectivity index (χ1n) is 9.45. The van der Waals surface area contributed by atoms with Gasteiger partial charge in [-0.2, -0.15) is 0 Å². The fourth-order valence-electron chi connectivity index (χ4n) is 3.08. The number of benzene rings is 2. The minimum Gasteiger partial charge on any atom is -0.406 e. The van der Waals surface area contributed by atoms with Crippen LogP contribution in [0.4, 0.5) is 41.9 Å². The summed E-state index contributed by atoms with van der Waals surface area (Å²) < 4.78 is 40.8. The summed E-state index contributed by atoms with van der Waals surface area (Å²) in [6, 6.07) is 13.8. The van der Waals surface area contributed by atoms with Crippen LogP contribution in [-0.4, -0.2) is 26.2 Å². The van der Waals surface area contributed by atoms with Gasteiger partial charge in [0.15, 0.2) is 0 Å². The summed E-state index contributed by atoms with van der Waals surface area (Å²) in [5.74, 6) is -0.650. The van der Waals surface area contributed by atoms with Crippen molar-refractivity contribution in [3.05, 3.63) is 76.7 Å². The summed E-state index contributed by atoms with van der Waals surface area (Å²) >= 11 is 0. The zero-order valence-corrected chi connectivity index (χ0v) is 16.9. The van der Waals surface area contributed by atoms with Crippen LogP contribution >= 0.6 is 0 Å². The van der Waals surface area contributed by atoms with Crippen LogP contribution in [0, 0.1) is 17.0 Å². The monoisotopic (exact) mass is 456 g/mol. The lowest BCUT2D eigenvalue weighted by Crippen LogP contribution is -2.17. The van der Waals surface area contributed by atoms with E-state index in [1.54, 1.807) is 12.1 Å². The highest BCUT2D eigenvalue weighted by Crippen LogP contribution is 2.35. The minimum atomic E-state index is -4.82. The summed E-state index contributed by atoms with van der Waals surface area (Å²) in [5.41, 5.74) is 1.71. The maximum atomic E-state index is 12.3. The molecule has 4 rings (SSSR count). The molecule has 12 heteroatoms. The summed E-state index contributed by atoms with van der Waals surface area (Å²) in [7, 11) is 0. The molecule has 0 bridgehead atoms. The van der Waals surface area contributed by atoms with Crippen LogP contribution in [0.3, 0.4) is 0 Å². The number of anilines is 4. The van der Waals surface area contributed by atoms with Gasteiger partial charge >= 0.3 is 12.0 Å². The van der Waals surface area contributed by atoms with Crippen LogP contribution < -0.4 is 15.4 Å². The highest BCUT2D eigenvalue weighted by Gasteiger charge is 2.31. The fraction of sp³-hybridized carbons (Fsp3) is 0.0952. The lowest BCUT2D eigenvalue weighted by molar-refractivity contribution is -0.383. The first-order valence-corrected chi connectivity index (χ1v) is 9.45. The van der Waals surface area contributed by atoms with Crippen molar-refractivity contribution in [2.45, 2.75) is 13.3 Å². The normalized spacial score (nSPS) is 11.3. The average molecular weight is 456 g/mol. The fourth-order valence-corrected chi connectivity index (χ4v) is 3.08. The zero-order valence-electron chi connectivity index (χ0n) is 16.9. The number of aromatic nitrogens is 3.